The predicted octanol–water partition coefficient (Wildman–Crippen LogP) is 2.01. The summed E-state index contributed by atoms with van der Waals surface area (Å²) in [6.07, 6.45) is 1.44. The normalized spacial score (nSPS) is 15.4. The Labute approximate surface area is 177 Å². The number of hydrogen-bond acceptors (Lipinski definition) is 6. The molecule has 2 aromatic heterocycles. The number of piperidine rings is 1. The molecule has 1 aromatic carbocycles. The molecule has 1 amide bonds. The molecule has 164 valence electrons. The maximum atomic E-state index is 14.8. The number of primary sulfonamides is 1. The Kier molecular flexibility index (Phi) is 5.27. The molecule has 4 rings (SSSR count). The summed E-state index contributed by atoms with van der Waals surface area (Å²) in [7, 11) is -4.03. The number of aryl methyl sites for hydroxylation is 1. The van der Waals surface area contributed by atoms with Crippen LogP contribution in [0.5, 0.6) is 5.88 Å². The van der Waals surface area contributed by atoms with E-state index in [9.17, 15) is 17.6 Å². The molecule has 0 aliphatic carbocycles. The van der Waals surface area contributed by atoms with Gasteiger partial charge in [-0.3, -0.25) is 0 Å². The van der Waals surface area contributed by atoms with Gasteiger partial charge < -0.3 is 14.7 Å². The van der Waals surface area contributed by atoms with Crippen LogP contribution >= 0.6 is 0 Å². The van der Waals surface area contributed by atoms with E-state index in [-0.39, 0.29) is 16.6 Å². The van der Waals surface area contributed by atoms with Gasteiger partial charge in [0.1, 0.15) is 11.9 Å². The van der Waals surface area contributed by atoms with Crippen molar-refractivity contribution in [2.75, 3.05) is 13.1 Å². The molecule has 1 aliphatic rings. The highest BCUT2D eigenvalue weighted by atomic mass is 32.2. The molecule has 12 heteroatoms. The number of halogens is 1. The van der Waals surface area contributed by atoms with Crippen LogP contribution in [0.3, 0.4) is 0 Å². The van der Waals surface area contributed by atoms with E-state index in [1.807, 2.05) is 0 Å². The van der Waals surface area contributed by atoms with Crippen molar-refractivity contribution in [3.05, 3.63) is 42.0 Å². The van der Waals surface area contributed by atoms with Crippen molar-refractivity contribution in [2.45, 2.75) is 30.8 Å². The second-order valence-corrected chi connectivity index (χ2v) is 8.81. The monoisotopic (exact) mass is 449 g/mol. The van der Waals surface area contributed by atoms with Gasteiger partial charge >= 0.3 is 6.09 Å². The van der Waals surface area contributed by atoms with E-state index in [1.165, 1.54) is 27.7 Å². The molecule has 3 N–H and O–H groups in total. The fourth-order valence-electron chi connectivity index (χ4n) is 3.65. The van der Waals surface area contributed by atoms with Gasteiger partial charge in [0.05, 0.1) is 16.2 Å². The molecular weight excluding hydrogens is 429 g/mol. The number of nitrogens with zero attached hydrogens (tertiary/aromatic N) is 4. The number of ether oxygens (including phenoxy) is 1. The zero-order chi connectivity index (χ0) is 22.3. The van der Waals surface area contributed by atoms with Gasteiger partial charge in [0.25, 0.3) is 0 Å². The van der Waals surface area contributed by atoms with Crippen LogP contribution in [0.15, 0.2) is 35.4 Å². The summed E-state index contributed by atoms with van der Waals surface area (Å²) in [4.78, 5) is 16.4. The van der Waals surface area contributed by atoms with Gasteiger partial charge in [-0.2, -0.15) is 9.61 Å². The molecule has 10 nitrogen and oxygen atoms in total. The average molecular weight is 449 g/mol. The Morgan fingerprint density at radius 2 is 2.00 bits per heavy atom. The molecule has 0 radical (unpaired) electrons. The molecule has 0 unspecified atom stereocenters. The number of aromatic nitrogens is 3. The fraction of sp³-hybridized carbons (Fsp3) is 0.316. The van der Waals surface area contributed by atoms with Crippen molar-refractivity contribution in [2.24, 2.45) is 5.14 Å². The summed E-state index contributed by atoms with van der Waals surface area (Å²) in [5.41, 5.74) is 1.37. The number of nitrogens with two attached hydrogens (primary N) is 1. The molecular formula is C19H20FN5O5S. The van der Waals surface area contributed by atoms with Crippen LogP contribution in [0.2, 0.25) is 0 Å². The molecule has 0 spiro atoms. The first-order chi connectivity index (χ1) is 14.6. The summed E-state index contributed by atoms with van der Waals surface area (Å²) in [6.45, 7) is 2.44. The number of carboxylic acid groups (broad SMARTS) is 1. The Hall–Kier alpha value is -3.25. The Balaban J connectivity index is 1.68. The lowest BCUT2D eigenvalue weighted by Crippen LogP contribution is -2.41. The number of sulfonamides is 1. The molecule has 1 fully saturated rings. The lowest BCUT2D eigenvalue weighted by atomic mass is 10.1. The first-order valence-corrected chi connectivity index (χ1v) is 11.0. The lowest BCUT2D eigenvalue weighted by Gasteiger charge is -2.30. The van der Waals surface area contributed by atoms with E-state index in [2.05, 4.69) is 10.1 Å². The highest BCUT2D eigenvalue weighted by Gasteiger charge is 2.25. The van der Waals surface area contributed by atoms with Crippen molar-refractivity contribution in [3.63, 3.8) is 0 Å². The van der Waals surface area contributed by atoms with Crippen molar-refractivity contribution >= 4 is 21.8 Å². The van der Waals surface area contributed by atoms with Crippen LogP contribution in [0.4, 0.5) is 9.18 Å². The lowest BCUT2D eigenvalue weighted by molar-refractivity contribution is 0.0857. The zero-order valence-electron chi connectivity index (χ0n) is 16.5. The maximum Gasteiger partial charge on any atom is 0.407 e. The molecule has 3 aromatic rings. The quantitative estimate of drug-likeness (QED) is 0.621. The second-order valence-electron chi connectivity index (χ2n) is 7.25. The fourth-order valence-corrected chi connectivity index (χ4v) is 4.17. The third kappa shape index (κ3) is 4.03. The van der Waals surface area contributed by atoms with E-state index in [0.717, 1.165) is 6.07 Å². The van der Waals surface area contributed by atoms with Crippen molar-refractivity contribution in [1.29, 1.82) is 0 Å². The van der Waals surface area contributed by atoms with Crippen LogP contribution in [0.1, 0.15) is 18.5 Å². The summed E-state index contributed by atoms with van der Waals surface area (Å²) >= 11 is 0. The highest BCUT2D eigenvalue weighted by molar-refractivity contribution is 7.89. The van der Waals surface area contributed by atoms with E-state index in [4.69, 9.17) is 15.0 Å². The Morgan fingerprint density at radius 3 is 2.61 bits per heavy atom. The largest absolute Gasteiger partial charge is 0.474 e. The number of amides is 1. The first kappa shape index (κ1) is 21.0. The third-order valence-corrected chi connectivity index (χ3v) is 6.11. The SMILES string of the molecule is Cc1nn2c(OC3CCN(C(=O)O)CC3)ccnc2c1-c1ccc(S(N)(=O)=O)cc1F. The van der Waals surface area contributed by atoms with Crippen molar-refractivity contribution in [1.82, 2.24) is 19.5 Å². The van der Waals surface area contributed by atoms with Crippen molar-refractivity contribution in [3.8, 4) is 17.0 Å². The van der Waals surface area contributed by atoms with Gasteiger partial charge in [-0.05, 0) is 25.1 Å². The van der Waals surface area contributed by atoms with Crippen LogP contribution in [0.25, 0.3) is 16.8 Å². The van der Waals surface area contributed by atoms with Crippen LogP contribution in [-0.4, -0.2) is 58.3 Å². The molecule has 3 heterocycles. The van der Waals surface area contributed by atoms with E-state index >= 15 is 0 Å². The first-order valence-electron chi connectivity index (χ1n) is 9.46. The standard InChI is InChI=1S/C19H20FN5O5S/c1-11-17(14-3-2-13(10-15(14)20)31(21,28)29)18-22-7-4-16(25(18)23-11)30-12-5-8-24(9-6-12)19(26)27/h2-4,7,10,12H,5-6,8-9H2,1H3,(H,26,27)(H2,21,28,29). The van der Waals surface area contributed by atoms with E-state index < -0.39 is 21.9 Å². The molecule has 1 aliphatic heterocycles. The Bertz CT molecular complexity index is 1270. The summed E-state index contributed by atoms with van der Waals surface area (Å²) in [6, 6.07) is 5.06. The number of hydrogen-bond donors (Lipinski definition) is 2. The number of carbonyl (C=O) groups is 1. The zero-order valence-corrected chi connectivity index (χ0v) is 17.3. The van der Waals surface area contributed by atoms with Gasteiger partial charge in [-0.25, -0.2) is 27.7 Å². The van der Waals surface area contributed by atoms with Gasteiger partial charge in [0, 0.05) is 43.8 Å². The van der Waals surface area contributed by atoms with E-state index in [0.29, 0.717) is 48.7 Å². The van der Waals surface area contributed by atoms with Gasteiger partial charge in [0.15, 0.2) is 5.65 Å². The predicted molar refractivity (Wildman–Crippen MR) is 108 cm³/mol. The summed E-state index contributed by atoms with van der Waals surface area (Å²) in [5.74, 6) is -0.367. The minimum absolute atomic E-state index is 0.138. The number of benzene rings is 1. The third-order valence-electron chi connectivity index (χ3n) is 5.20. The van der Waals surface area contributed by atoms with Gasteiger partial charge in [-0.1, -0.05) is 0 Å². The smallest absolute Gasteiger partial charge is 0.407 e. The highest BCUT2D eigenvalue weighted by Crippen LogP contribution is 2.32. The molecule has 31 heavy (non-hydrogen) atoms. The summed E-state index contributed by atoms with van der Waals surface area (Å²) < 4.78 is 45.2. The number of fused-ring (bicyclic) bond motifs is 1. The molecule has 1 saturated heterocycles. The number of rotatable bonds is 4. The van der Waals surface area contributed by atoms with Crippen LogP contribution in [0, 0.1) is 12.7 Å². The minimum atomic E-state index is -4.03. The Morgan fingerprint density at radius 1 is 1.29 bits per heavy atom. The van der Waals surface area contributed by atoms with Crippen LogP contribution in [-0.2, 0) is 10.0 Å². The number of likely N-dealkylation sites (tertiary alicyclic amines) is 1. The molecule has 0 bridgehead atoms. The minimum Gasteiger partial charge on any atom is -0.474 e. The topological polar surface area (TPSA) is 140 Å². The van der Waals surface area contributed by atoms with Crippen LogP contribution < -0.4 is 9.88 Å². The summed E-state index contributed by atoms with van der Waals surface area (Å²) in [5, 5.41) is 18.6. The maximum absolute atomic E-state index is 14.8. The molecule has 0 saturated carbocycles. The van der Waals surface area contributed by atoms with E-state index in [1.54, 1.807) is 13.0 Å². The van der Waals surface area contributed by atoms with Crippen molar-refractivity contribution < 1.29 is 27.4 Å². The van der Waals surface area contributed by atoms with Gasteiger partial charge in [-0.15, -0.1) is 0 Å². The molecule has 0 atom stereocenters. The van der Waals surface area contributed by atoms with Gasteiger partial charge in [0.2, 0.25) is 15.9 Å². The average Bonchev–Trinajstić information content (AvgIpc) is 3.04. The second kappa shape index (κ2) is 7.78.